The number of amides is 1. The van der Waals surface area contributed by atoms with Crippen LogP contribution in [0.1, 0.15) is 51.2 Å². The van der Waals surface area contributed by atoms with Crippen molar-refractivity contribution in [3.8, 4) is 5.75 Å². The lowest BCUT2D eigenvalue weighted by Gasteiger charge is -2.26. The molecule has 0 spiro atoms. The summed E-state index contributed by atoms with van der Waals surface area (Å²) in [5.74, 6) is 1.93. The van der Waals surface area contributed by atoms with Gasteiger partial charge in [0.15, 0.2) is 5.96 Å². The van der Waals surface area contributed by atoms with Gasteiger partial charge in [0, 0.05) is 39.3 Å². The Kier molecular flexibility index (Phi) is 13.0. The van der Waals surface area contributed by atoms with Crippen molar-refractivity contribution in [2.45, 2.75) is 65.6 Å². The minimum atomic E-state index is 0. The Hall–Kier alpha value is -1.55. The molecule has 1 aromatic carbocycles. The molecule has 1 aliphatic heterocycles. The number of ether oxygens (including phenoxy) is 1. The van der Waals surface area contributed by atoms with Crippen molar-refractivity contribution in [1.82, 2.24) is 20.4 Å². The molecule has 7 nitrogen and oxygen atoms in total. The molecule has 1 unspecified atom stereocenters. The smallest absolute Gasteiger partial charge is 0.239 e. The van der Waals surface area contributed by atoms with Crippen LogP contribution in [0.4, 0.5) is 0 Å². The van der Waals surface area contributed by atoms with Crippen LogP contribution in [0.5, 0.6) is 5.75 Å². The molecule has 1 saturated heterocycles. The van der Waals surface area contributed by atoms with E-state index in [1.807, 2.05) is 27.9 Å². The maximum absolute atomic E-state index is 12.3. The molecule has 8 heteroatoms. The molecule has 1 aromatic rings. The second-order valence-electron chi connectivity index (χ2n) is 8.68. The van der Waals surface area contributed by atoms with E-state index in [1.54, 1.807) is 4.90 Å². The first-order chi connectivity index (χ1) is 14.8. The molecular weight excluding hydrogens is 517 g/mol. The van der Waals surface area contributed by atoms with E-state index in [2.05, 4.69) is 47.6 Å². The van der Waals surface area contributed by atoms with Gasteiger partial charge in [-0.2, -0.15) is 0 Å². The molecule has 1 fully saturated rings. The standard InChI is InChI=1S/C24H41N5O2.HI/c1-7-25-24(27-17-20-12-11-19(4)16-22(20)31-18(2)3)26-13-9-15-29-14-8-10-21(29)23(30)28(5)6;/h11-12,16,18,21H,7-10,13-15,17H2,1-6H3,(H2,25,26,27);1H. The highest BCUT2D eigenvalue weighted by Crippen LogP contribution is 2.22. The summed E-state index contributed by atoms with van der Waals surface area (Å²) in [6.45, 7) is 12.3. The number of halogens is 1. The Morgan fingerprint density at radius 1 is 1.31 bits per heavy atom. The van der Waals surface area contributed by atoms with Gasteiger partial charge in [0.1, 0.15) is 5.75 Å². The van der Waals surface area contributed by atoms with Crippen LogP contribution in [0.15, 0.2) is 23.2 Å². The van der Waals surface area contributed by atoms with Crippen LogP contribution < -0.4 is 15.4 Å². The number of rotatable bonds is 10. The molecule has 1 heterocycles. The number of hydrogen-bond acceptors (Lipinski definition) is 4. The van der Waals surface area contributed by atoms with E-state index in [9.17, 15) is 4.79 Å². The third-order valence-corrected chi connectivity index (χ3v) is 5.34. The molecule has 0 bridgehead atoms. The van der Waals surface area contributed by atoms with Crippen LogP contribution in [0, 0.1) is 6.92 Å². The van der Waals surface area contributed by atoms with Crippen molar-refractivity contribution in [2.24, 2.45) is 4.99 Å². The van der Waals surface area contributed by atoms with Crippen molar-refractivity contribution in [1.29, 1.82) is 0 Å². The minimum Gasteiger partial charge on any atom is -0.491 e. The van der Waals surface area contributed by atoms with Gasteiger partial charge in [-0.15, -0.1) is 24.0 Å². The molecule has 32 heavy (non-hydrogen) atoms. The predicted octanol–water partition coefficient (Wildman–Crippen LogP) is 3.40. The van der Waals surface area contributed by atoms with Gasteiger partial charge in [-0.25, -0.2) is 4.99 Å². The van der Waals surface area contributed by atoms with Crippen LogP contribution >= 0.6 is 24.0 Å². The second kappa shape index (κ2) is 14.6. The van der Waals surface area contributed by atoms with Crippen molar-refractivity contribution in [2.75, 3.05) is 40.3 Å². The summed E-state index contributed by atoms with van der Waals surface area (Å²) < 4.78 is 5.97. The number of carbonyl (C=O) groups excluding carboxylic acids is 1. The van der Waals surface area contributed by atoms with Gasteiger partial charge < -0.3 is 20.3 Å². The topological polar surface area (TPSA) is 69.2 Å². The molecular formula is C24H42IN5O2. The lowest BCUT2D eigenvalue weighted by atomic mass is 10.1. The molecule has 0 saturated carbocycles. The fraction of sp³-hybridized carbons (Fsp3) is 0.667. The highest BCUT2D eigenvalue weighted by Gasteiger charge is 2.30. The Balaban J connectivity index is 0.00000512. The SMILES string of the molecule is CCNC(=NCc1ccc(C)cc1OC(C)C)NCCCN1CCCC1C(=O)N(C)C.I. The summed E-state index contributed by atoms with van der Waals surface area (Å²) in [4.78, 5) is 21.1. The van der Waals surface area contributed by atoms with E-state index < -0.39 is 0 Å². The zero-order chi connectivity index (χ0) is 22.8. The molecule has 1 atom stereocenters. The van der Waals surface area contributed by atoms with Gasteiger partial charge in [0.25, 0.3) is 0 Å². The zero-order valence-corrected chi connectivity index (χ0v) is 22.9. The molecule has 2 N–H and O–H groups in total. The number of guanidine groups is 1. The van der Waals surface area contributed by atoms with Crippen LogP contribution in [-0.2, 0) is 11.3 Å². The third-order valence-electron chi connectivity index (χ3n) is 5.34. The quantitative estimate of drug-likeness (QED) is 0.199. The summed E-state index contributed by atoms with van der Waals surface area (Å²) in [7, 11) is 3.68. The minimum absolute atomic E-state index is 0. The fourth-order valence-electron chi connectivity index (χ4n) is 3.82. The number of aliphatic imine (C=N–C) groups is 1. The van der Waals surface area contributed by atoms with Gasteiger partial charge >= 0.3 is 0 Å². The Morgan fingerprint density at radius 3 is 2.72 bits per heavy atom. The molecule has 2 rings (SSSR count). The molecule has 0 radical (unpaired) electrons. The number of carbonyl (C=O) groups is 1. The van der Waals surface area contributed by atoms with Crippen molar-refractivity contribution in [3.05, 3.63) is 29.3 Å². The maximum atomic E-state index is 12.3. The predicted molar refractivity (Wildman–Crippen MR) is 143 cm³/mol. The van der Waals surface area contributed by atoms with E-state index >= 15 is 0 Å². The van der Waals surface area contributed by atoms with Gasteiger partial charge in [0.2, 0.25) is 5.91 Å². The van der Waals surface area contributed by atoms with E-state index in [0.717, 1.165) is 62.7 Å². The number of aryl methyl sites for hydroxylation is 1. The van der Waals surface area contributed by atoms with E-state index in [4.69, 9.17) is 9.73 Å². The van der Waals surface area contributed by atoms with Gasteiger partial charge in [-0.1, -0.05) is 12.1 Å². The number of nitrogens with zero attached hydrogens (tertiary/aromatic N) is 3. The largest absolute Gasteiger partial charge is 0.491 e. The number of likely N-dealkylation sites (N-methyl/N-ethyl adjacent to an activating group) is 1. The normalized spacial score (nSPS) is 16.6. The molecule has 0 aliphatic carbocycles. The average Bonchev–Trinajstić information content (AvgIpc) is 3.17. The summed E-state index contributed by atoms with van der Waals surface area (Å²) in [6.07, 6.45) is 3.16. The van der Waals surface area contributed by atoms with Crippen LogP contribution in [0.2, 0.25) is 0 Å². The first-order valence-electron chi connectivity index (χ1n) is 11.5. The summed E-state index contributed by atoms with van der Waals surface area (Å²) in [5.41, 5.74) is 2.26. The number of nitrogens with one attached hydrogen (secondary N) is 2. The zero-order valence-electron chi connectivity index (χ0n) is 20.6. The first kappa shape index (κ1) is 28.5. The lowest BCUT2D eigenvalue weighted by molar-refractivity contribution is -0.133. The highest BCUT2D eigenvalue weighted by atomic mass is 127. The molecule has 1 aliphatic rings. The van der Waals surface area contributed by atoms with E-state index in [1.165, 1.54) is 5.56 Å². The third kappa shape index (κ3) is 9.13. The Morgan fingerprint density at radius 2 is 2.06 bits per heavy atom. The summed E-state index contributed by atoms with van der Waals surface area (Å²) >= 11 is 0. The highest BCUT2D eigenvalue weighted by molar-refractivity contribution is 14.0. The van der Waals surface area contributed by atoms with Crippen LogP contribution in [0.25, 0.3) is 0 Å². The first-order valence-corrected chi connectivity index (χ1v) is 11.5. The van der Waals surface area contributed by atoms with Gasteiger partial charge in [-0.05, 0) is 65.1 Å². The molecule has 0 aromatic heterocycles. The maximum Gasteiger partial charge on any atom is 0.239 e. The number of benzene rings is 1. The van der Waals surface area contributed by atoms with Crippen molar-refractivity contribution >= 4 is 35.8 Å². The lowest BCUT2D eigenvalue weighted by Crippen LogP contribution is -2.44. The van der Waals surface area contributed by atoms with Crippen molar-refractivity contribution < 1.29 is 9.53 Å². The summed E-state index contributed by atoms with van der Waals surface area (Å²) in [5, 5.41) is 6.75. The number of hydrogen-bond donors (Lipinski definition) is 2. The molecule has 1 amide bonds. The average molecular weight is 560 g/mol. The van der Waals surface area contributed by atoms with E-state index in [-0.39, 0.29) is 42.0 Å². The Bertz CT molecular complexity index is 739. The van der Waals surface area contributed by atoms with Crippen molar-refractivity contribution in [3.63, 3.8) is 0 Å². The van der Waals surface area contributed by atoms with Crippen LogP contribution in [0.3, 0.4) is 0 Å². The Labute approximate surface area is 211 Å². The summed E-state index contributed by atoms with van der Waals surface area (Å²) in [6, 6.07) is 6.31. The number of likely N-dealkylation sites (tertiary alicyclic amines) is 1. The van der Waals surface area contributed by atoms with E-state index in [0.29, 0.717) is 6.54 Å². The monoisotopic (exact) mass is 559 g/mol. The van der Waals surface area contributed by atoms with Gasteiger partial charge in [-0.3, -0.25) is 9.69 Å². The van der Waals surface area contributed by atoms with Gasteiger partial charge in [0.05, 0.1) is 18.7 Å². The second-order valence-corrected chi connectivity index (χ2v) is 8.68. The fourth-order valence-corrected chi connectivity index (χ4v) is 3.82. The van der Waals surface area contributed by atoms with Crippen LogP contribution in [-0.4, -0.2) is 74.1 Å². The molecule has 182 valence electrons.